The summed E-state index contributed by atoms with van der Waals surface area (Å²) in [6.07, 6.45) is 0. The molecule has 2 nitrogen and oxygen atoms in total. The van der Waals surface area contributed by atoms with Gasteiger partial charge in [0.1, 0.15) is 0 Å². The lowest BCUT2D eigenvalue weighted by Gasteiger charge is -2.17. The zero-order valence-corrected chi connectivity index (χ0v) is 14.1. The second-order valence-corrected chi connectivity index (χ2v) is 6.29. The van der Waals surface area contributed by atoms with Crippen LogP contribution in [0.15, 0.2) is 84.9 Å². The SMILES string of the molecule is C[C@@H](NC(=O)c1cccc2ccccc12)c1cccc2ccccc12. The second-order valence-electron chi connectivity index (χ2n) is 6.29. The molecule has 1 amide bonds. The Hall–Kier alpha value is -3.13. The minimum absolute atomic E-state index is 0.0442. The maximum absolute atomic E-state index is 12.9. The largest absolute Gasteiger partial charge is 0.345 e. The fraction of sp³-hybridized carbons (Fsp3) is 0.0870. The number of nitrogens with one attached hydrogen (secondary N) is 1. The lowest BCUT2D eigenvalue weighted by molar-refractivity contribution is 0.0942. The summed E-state index contributed by atoms with van der Waals surface area (Å²) in [5.74, 6) is -0.0442. The van der Waals surface area contributed by atoms with Crippen molar-refractivity contribution in [2.45, 2.75) is 13.0 Å². The van der Waals surface area contributed by atoms with Crippen molar-refractivity contribution in [1.82, 2.24) is 5.32 Å². The summed E-state index contributed by atoms with van der Waals surface area (Å²) >= 11 is 0. The van der Waals surface area contributed by atoms with Crippen LogP contribution in [0.25, 0.3) is 21.5 Å². The van der Waals surface area contributed by atoms with Gasteiger partial charge in [-0.15, -0.1) is 0 Å². The van der Waals surface area contributed by atoms with Gasteiger partial charge in [-0.1, -0.05) is 78.9 Å². The van der Waals surface area contributed by atoms with E-state index in [2.05, 4.69) is 29.6 Å². The zero-order valence-electron chi connectivity index (χ0n) is 14.1. The molecule has 4 rings (SSSR count). The molecule has 0 aromatic heterocycles. The van der Waals surface area contributed by atoms with Gasteiger partial charge in [-0.3, -0.25) is 4.79 Å². The Kier molecular flexibility index (Phi) is 3.95. The molecular formula is C23H19NO. The number of amides is 1. The molecule has 0 heterocycles. The first-order valence-corrected chi connectivity index (χ1v) is 8.50. The Balaban J connectivity index is 1.68. The van der Waals surface area contributed by atoms with Crippen molar-refractivity contribution in [3.8, 4) is 0 Å². The van der Waals surface area contributed by atoms with Gasteiger partial charge in [0.25, 0.3) is 5.91 Å². The van der Waals surface area contributed by atoms with Crippen LogP contribution < -0.4 is 5.32 Å². The van der Waals surface area contributed by atoms with Crippen molar-refractivity contribution in [2.75, 3.05) is 0 Å². The number of hydrogen-bond acceptors (Lipinski definition) is 1. The number of carbonyl (C=O) groups excluding carboxylic acids is 1. The highest BCUT2D eigenvalue weighted by Crippen LogP contribution is 2.25. The third-order valence-corrected chi connectivity index (χ3v) is 4.67. The molecule has 0 saturated carbocycles. The Morgan fingerprint density at radius 3 is 2.04 bits per heavy atom. The lowest BCUT2D eigenvalue weighted by Crippen LogP contribution is -2.27. The van der Waals surface area contributed by atoms with E-state index in [1.165, 1.54) is 10.8 Å². The predicted octanol–water partition coefficient (Wildman–Crippen LogP) is 5.48. The molecule has 0 saturated heterocycles. The molecule has 4 aromatic rings. The maximum Gasteiger partial charge on any atom is 0.252 e. The average Bonchev–Trinajstić information content (AvgIpc) is 2.67. The van der Waals surface area contributed by atoms with E-state index in [0.717, 1.165) is 16.3 Å². The van der Waals surface area contributed by atoms with E-state index >= 15 is 0 Å². The molecule has 0 fully saturated rings. The molecule has 4 aromatic carbocycles. The normalized spacial score (nSPS) is 12.2. The van der Waals surface area contributed by atoms with Crippen LogP contribution in [0.4, 0.5) is 0 Å². The van der Waals surface area contributed by atoms with Crippen molar-refractivity contribution < 1.29 is 4.79 Å². The Bertz CT molecular complexity index is 1060. The fourth-order valence-electron chi connectivity index (χ4n) is 3.40. The van der Waals surface area contributed by atoms with E-state index in [-0.39, 0.29) is 11.9 Å². The van der Waals surface area contributed by atoms with Gasteiger partial charge in [-0.05, 0) is 40.1 Å². The van der Waals surface area contributed by atoms with Crippen LogP contribution in [0.2, 0.25) is 0 Å². The highest BCUT2D eigenvalue weighted by atomic mass is 16.1. The van der Waals surface area contributed by atoms with E-state index in [1.54, 1.807) is 0 Å². The molecular weight excluding hydrogens is 306 g/mol. The van der Waals surface area contributed by atoms with Gasteiger partial charge in [-0.25, -0.2) is 0 Å². The molecule has 0 bridgehead atoms. The molecule has 0 aliphatic rings. The van der Waals surface area contributed by atoms with E-state index in [1.807, 2.05) is 67.6 Å². The molecule has 0 aliphatic carbocycles. The van der Waals surface area contributed by atoms with Crippen LogP contribution in [-0.2, 0) is 0 Å². The second kappa shape index (κ2) is 6.40. The lowest BCUT2D eigenvalue weighted by atomic mass is 9.99. The molecule has 25 heavy (non-hydrogen) atoms. The number of fused-ring (bicyclic) bond motifs is 2. The average molecular weight is 325 g/mol. The quantitative estimate of drug-likeness (QED) is 0.530. The third kappa shape index (κ3) is 2.87. The Morgan fingerprint density at radius 1 is 0.720 bits per heavy atom. The van der Waals surface area contributed by atoms with Crippen LogP contribution in [0.5, 0.6) is 0 Å². The van der Waals surface area contributed by atoms with Gasteiger partial charge in [0.2, 0.25) is 0 Å². The highest BCUT2D eigenvalue weighted by molar-refractivity contribution is 6.07. The topological polar surface area (TPSA) is 29.1 Å². The van der Waals surface area contributed by atoms with Gasteiger partial charge in [0.05, 0.1) is 6.04 Å². The maximum atomic E-state index is 12.9. The van der Waals surface area contributed by atoms with Crippen LogP contribution in [0, 0.1) is 0 Å². The molecule has 0 radical (unpaired) electrons. The van der Waals surface area contributed by atoms with Gasteiger partial charge in [-0.2, -0.15) is 0 Å². The number of rotatable bonds is 3. The minimum Gasteiger partial charge on any atom is -0.345 e. The monoisotopic (exact) mass is 325 g/mol. The Morgan fingerprint density at radius 2 is 1.28 bits per heavy atom. The first-order valence-electron chi connectivity index (χ1n) is 8.50. The van der Waals surface area contributed by atoms with Crippen LogP contribution in [0.1, 0.15) is 28.9 Å². The minimum atomic E-state index is -0.0717. The summed E-state index contributed by atoms with van der Waals surface area (Å²) in [4.78, 5) is 12.9. The first kappa shape index (κ1) is 15.4. The zero-order chi connectivity index (χ0) is 17.2. The van der Waals surface area contributed by atoms with E-state index in [4.69, 9.17) is 0 Å². The van der Waals surface area contributed by atoms with Crippen molar-refractivity contribution in [1.29, 1.82) is 0 Å². The smallest absolute Gasteiger partial charge is 0.252 e. The summed E-state index contributed by atoms with van der Waals surface area (Å²) in [5.41, 5.74) is 1.84. The number of carbonyl (C=O) groups is 1. The van der Waals surface area contributed by atoms with Crippen molar-refractivity contribution >= 4 is 27.5 Å². The Labute approximate surface area is 147 Å². The summed E-state index contributed by atoms with van der Waals surface area (Å²) in [6.45, 7) is 2.03. The van der Waals surface area contributed by atoms with E-state index in [0.29, 0.717) is 5.56 Å². The van der Waals surface area contributed by atoms with Crippen LogP contribution in [0.3, 0.4) is 0 Å². The predicted molar refractivity (Wildman–Crippen MR) is 104 cm³/mol. The number of benzene rings is 4. The fourth-order valence-corrected chi connectivity index (χ4v) is 3.40. The molecule has 0 aliphatic heterocycles. The third-order valence-electron chi connectivity index (χ3n) is 4.67. The molecule has 1 atom stereocenters. The van der Waals surface area contributed by atoms with E-state index in [9.17, 15) is 4.79 Å². The van der Waals surface area contributed by atoms with Crippen LogP contribution in [-0.4, -0.2) is 5.91 Å². The summed E-state index contributed by atoms with van der Waals surface area (Å²) in [7, 11) is 0. The highest BCUT2D eigenvalue weighted by Gasteiger charge is 2.15. The van der Waals surface area contributed by atoms with E-state index < -0.39 is 0 Å². The van der Waals surface area contributed by atoms with Crippen molar-refractivity contribution in [3.05, 3.63) is 96.1 Å². The molecule has 1 N–H and O–H groups in total. The first-order chi connectivity index (χ1) is 12.2. The standard InChI is InChI=1S/C23H19NO/c1-16(19-14-6-10-17-8-2-4-12-20(17)19)24-23(25)22-15-7-11-18-9-3-5-13-21(18)22/h2-16H,1H3,(H,24,25)/t16-/m1/s1. The molecule has 0 spiro atoms. The van der Waals surface area contributed by atoms with Gasteiger partial charge >= 0.3 is 0 Å². The van der Waals surface area contributed by atoms with Crippen molar-refractivity contribution in [2.24, 2.45) is 0 Å². The van der Waals surface area contributed by atoms with Crippen molar-refractivity contribution in [3.63, 3.8) is 0 Å². The summed E-state index contributed by atoms with van der Waals surface area (Å²) < 4.78 is 0. The molecule has 2 heteroatoms. The van der Waals surface area contributed by atoms with Gasteiger partial charge < -0.3 is 5.32 Å². The van der Waals surface area contributed by atoms with Crippen LogP contribution >= 0.6 is 0 Å². The molecule has 0 unspecified atom stereocenters. The number of hydrogen-bond donors (Lipinski definition) is 1. The summed E-state index contributed by atoms with van der Waals surface area (Å²) in [6, 6.07) is 28.2. The van der Waals surface area contributed by atoms with Gasteiger partial charge in [0.15, 0.2) is 0 Å². The molecule has 122 valence electrons. The van der Waals surface area contributed by atoms with Gasteiger partial charge in [0, 0.05) is 5.56 Å². The summed E-state index contributed by atoms with van der Waals surface area (Å²) in [5, 5.41) is 7.58.